The van der Waals surface area contributed by atoms with Gasteiger partial charge in [-0.2, -0.15) is 5.10 Å². The molecule has 1 heterocycles. The minimum Gasteiger partial charge on any atom is -0.490 e. The van der Waals surface area contributed by atoms with E-state index in [1.165, 1.54) is 10.8 Å². The summed E-state index contributed by atoms with van der Waals surface area (Å²) in [6, 6.07) is 26.7. The topological polar surface area (TPSA) is 55.7 Å². The molecule has 34 heavy (non-hydrogen) atoms. The van der Waals surface area contributed by atoms with Crippen molar-refractivity contribution in [2.24, 2.45) is 5.10 Å². The number of para-hydroxylation sites is 1. The van der Waals surface area contributed by atoms with Gasteiger partial charge in [0.2, 0.25) is 5.13 Å². The fourth-order valence-electron chi connectivity index (χ4n) is 3.63. The molecule has 5 aromatic rings. The number of anilines is 1. The van der Waals surface area contributed by atoms with Gasteiger partial charge in [0, 0.05) is 0 Å². The first-order chi connectivity index (χ1) is 16.7. The van der Waals surface area contributed by atoms with Crippen LogP contribution in [0.4, 0.5) is 5.13 Å². The van der Waals surface area contributed by atoms with Crippen molar-refractivity contribution in [3.63, 3.8) is 0 Å². The van der Waals surface area contributed by atoms with Gasteiger partial charge >= 0.3 is 0 Å². The molecular formula is C27H22IN3O2S. The Morgan fingerprint density at radius 1 is 0.971 bits per heavy atom. The van der Waals surface area contributed by atoms with Crippen LogP contribution in [0.15, 0.2) is 84.0 Å². The number of aromatic nitrogens is 1. The van der Waals surface area contributed by atoms with Gasteiger partial charge in [0.1, 0.15) is 6.61 Å². The van der Waals surface area contributed by atoms with Crippen LogP contribution in [0.25, 0.3) is 21.0 Å². The van der Waals surface area contributed by atoms with E-state index in [-0.39, 0.29) is 0 Å². The van der Waals surface area contributed by atoms with Crippen LogP contribution in [-0.2, 0) is 6.61 Å². The molecule has 1 aromatic heterocycles. The van der Waals surface area contributed by atoms with Crippen LogP contribution in [-0.4, -0.2) is 17.8 Å². The summed E-state index contributed by atoms with van der Waals surface area (Å²) in [5, 5.41) is 7.56. The second-order valence-corrected chi connectivity index (χ2v) is 9.78. The average Bonchev–Trinajstić information content (AvgIpc) is 3.26. The molecule has 5 rings (SSSR count). The van der Waals surface area contributed by atoms with Crippen LogP contribution in [0.1, 0.15) is 18.1 Å². The summed E-state index contributed by atoms with van der Waals surface area (Å²) in [4.78, 5) is 4.54. The van der Waals surface area contributed by atoms with Crippen molar-refractivity contribution in [2.75, 3.05) is 12.0 Å². The maximum atomic E-state index is 6.22. The number of hydrogen-bond acceptors (Lipinski definition) is 6. The van der Waals surface area contributed by atoms with Crippen LogP contribution in [0.3, 0.4) is 0 Å². The SMILES string of the molecule is CCOc1cc(/C=N/Nc2nc3ccccc3s2)cc(I)c1OCc1ccc2ccccc2c1. The van der Waals surface area contributed by atoms with Crippen LogP contribution >= 0.6 is 33.9 Å². The van der Waals surface area contributed by atoms with Gasteiger partial charge in [-0.3, -0.25) is 5.43 Å². The van der Waals surface area contributed by atoms with E-state index in [4.69, 9.17) is 9.47 Å². The molecule has 7 heteroatoms. The quantitative estimate of drug-likeness (QED) is 0.118. The van der Waals surface area contributed by atoms with Crippen LogP contribution in [0, 0.1) is 3.57 Å². The Morgan fingerprint density at radius 3 is 2.65 bits per heavy atom. The minimum absolute atomic E-state index is 0.466. The first-order valence-corrected chi connectivity index (χ1v) is 12.8. The number of rotatable bonds is 8. The van der Waals surface area contributed by atoms with Crippen molar-refractivity contribution >= 4 is 66.3 Å². The zero-order valence-electron chi connectivity index (χ0n) is 18.5. The number of benzene rings is 4. The van der Waals surface area contributed by atoms with Crippen molar-refractivity contribution in [3.05, 3.63) is 93.6 Å². The lowest BCUT2D eigenvalue weighted by Gasteiger charge is -2.15. The molecule has 0 spiro atoms. The Labute approximate surface area is 215 Å². The lowest BCUT2D eigenvalue weighted by Crippen LogP contribution is -2.03. The van der Waals surface area contributed by atoms with Gasteiger partial charge in [-0.1, -0.05) is 59.9 Å². The van der Waals surface area contributed by atoms with E-state index in [2.05, 4.69) is 86.6 Å². The second kappa shape index (κ2) is 10.4. The first-order valence-electron chi connectivity index (χ1n) is 10.9. The summed E-state index contributed by atoms with van der Waals surface area (Å²) in [6.45, 7) is 2.98. The molecule has 0 bridgehead atoms. The van der Waals surface area contributed by atoms with Crippen molar-refractivity contribution in [1.29, 1.82) is 0 Å². The number of nitrogens with zero attached hydrogens (tertiary/aromatic N) is 2. The van der Waals surface area contributed by atoms with E-state index >= 15 is 0 Å². The molecule has 0 saturated carbocycles. The van der Waals surface area contributed by atoms with Crippen molar-refractivity contribution < 1.29 is 9.47 Å². The van der Waals surface area contributed by atoms with E-state index < -0.39 is 0 Å². The summed E-state index contributed by atoms with van der Waals surface area (Å²) in [5.74, 6) is 1.45. The van der Waals surface area contributed by atoms with Gasteiger partial charge in [0.25, 0.3) is 0 Å². The molecule has 0 unspecified atom stereocenters. The summed E-state index contributed by atoms with van der Waals surface area (Å²) in [7, 11) is 0. The molecule has 0 aliphatic rings. The zero-order chi connectivity index (χ0) is 23.3. The average molecular weight is 579 g/mol. The number of hydrazone groups is 1. The highest BCUT2D eigenvalue weighted by Crippen LogP contribution is 2.35. The smallest absolute Gasteiger partial charge is 0.204 e. The summed E-state index contributed by atoms with van der Waals surface area (Å²) in [6.07, 6.45) is 1.77. The van der Waals surface area contributed by atoms with Crippen molar-refractivity contribution in [2.45, 2.75) is 13.5 Å². The first kappa shape index (κ1) is 22.6. The Morgan fingerprint density at radius 2 is 1.79 bits per heavy atom. The van der Waals surface area contributed by atoms with Crippen LogP contribution in [0.2, 0.25) is 0 Å². The minimum atomic E-state index is 0.466. The standard InChI is InChI=1S/C27H22IN3O2S/c1-2-32-24-15-19(16-29-31-27-30-23-9-5-6-10-25(23)34-27)14-22(28)26(24)33-17-18-11-12-20-7-3-4-8-21(20)13-18/h3-16H,2,17H2,1H3,(H,30,31)/b29-16+. The highest BCUT2D eigenvalue weighted by Gasteiger charge is 2.12. The zero-order valence-corrected chi connectivity index (χ0v) is 21.5. The molecule has 0 aliphatic heterocycles. The molecule has 0 atom stereocenters. The van der Waals surface area contributed by atoms with Gasteiger partial charge in [-0.25, -0.2) is 4.98 Å². The second-order valence-electron chi connectivity index (χ2n) is 7.59. The summed E-state index contributed by atoms with van der Waals surface area (Å²) in [5.41, 5.74) is 6.03. The number of hydrogen-bond donors (Lipinski definition) is 1. The van der Waals surface area contributed by atoms with E-state index in [9.17, 15) is 0 Å². The number of halogens is 1. The fourth-order valence-corrected chi connectivity index (χ4v) is 5.23. The predicted octanol–water partition coefficient (Wildman–Crippen LogP) is 7.48. The van der Waals surface area contributed by atoms with Gasteiger partial charge < -0.3 is 9.47 Å². The normalized spacial score (nSPS) is 11.4. The Hall–Kier alpha value is -3.17. The van der Waals surface area contributed by atoms with E-state index in [0.717, 1.165) is 35.8 Å². The van der Waals surface area contributed by atoms with Crippen molar-refractivity contribution in [1.82, 2.24) is 4.98 Å². The number of ether oxygens (including phenoxy) is 2. The monoisotopic (exact) mass is 579 g/mol. The Kier molecular flexibility index (Phi) is 6.92. The molecule has 4 aromatic carbocycles. The molecule has 5 nitrogen and oxygen atoms in total. The third kappa shape index (κ3) is 5.15. The predicted molar refractivity (Wildman–Crippen MR) is 149 cm³/mol. The highest BCUT2D eigenvalue weighted by atomic mass is 127. The molecule has 0 saturated heterocycles. The van der Waals surface area contributed by atoms with Crippen LogP contribution in [0.5, 0.6) is 11.5 Å². The molecule has 0 fully saturated rings. The molecular weight excluding hydrogens is 557 g/mol. The van der Waals surface area contributed by atoms with Gasteiger partial charge in [0.15, 0.2) is 11.5 Å². The maximum absolute atomic E-state index is 6.22. The third-order valence-corrected chi connectivity index (χ3v) is 6.94. The van der Waals surface area contributed by atoms with Gasteiger partial charge in [0.05, 0.1) is 26.6 Å². The van der Waals surface area contributed by atoms with Gasteiger partial charge in [-0.05, 0) is 81.7 Å². The maximum Gasteiger partial charge on any atom is 0.204 e. The van der Waals surface area contributed by atoms with E-state index in [0.29, 0.717) is 19.0 Å². The molecule has 0 aliphatic carbocycles. The van der Waals surface area contributed by atoms with E-state index in [1.54, 1.807) is 17.6 Å². The summed E-state index contributed by atoms with van der Waals surface area (Å²) < 4.78 is 14.2. The fraction of sp³-hybridized carbons (Fsp3) is 0.111. The Bertz CT molecular complexity index is 1450. The third-order valence-electron chi connectivity index (χ3n) is 5.20. The highest BCUT2D eigenvalue weighted by molar-refractivity contribution is 14.1. The lowest BCUT2D eigenvalue weighted by molar-refractivity contribution is 0.267. The van der Waals surface area contributed by atoms with Gasteiger partial charge in [-0.15, -0.1) is 0 Å². The number of thiazole rings is 1. The van der Waals surface area contributed by atoms with Crippen LogP contribution < -0.4 is 14.9 Å². The number of nitrogens with one attached hydrogen (secondary N) is 1. The largest absolute Gasteiger partial charge is 0.490 e. The Balaban J connectivity index is 1.32. The van der Waals surface area contributed by atoms with E-state index in [1.807, 2.05) is 37.3 Å². The molecule has 170 valence electrons. The number of fused-ring (bicyclic) bond motifs is 2. The molecule has 0 radical (unpaired) electrons. The van der Waals surface area contributed by atoms with Crippen molar-refractivity contribution in [3.8, 4) is 11.5 Å². The molecule has 0 amide bonds. The molecule has 1 N–H and O–H groups in total. The lowest BCUT2D eigenvalue weighted by atomic mass is 10.1. The summed E-state index contributed by atoms with van der Waals surface area (Å²) >= 11 is 3.86.